The Bertz CT molecular complexity index is 566. The highest BCUT2D eigenvalue weighted by molar-refractivity contribution is 5.53. The van der Waals surface area contributed by atoms with Gasteiger partial charge in [0.05, 0.1) is 23.1 Å². The number of rotatable bonds is 3. The fraction of sp³-hybridized carbons (Fsp3) is 0.0833. The summed E-state index contributed by atoms with van der Waals surface area (Å²) in [4.78, 5) is 8.05. The summed E-state index contributed by atoms with van der Waals surface area (Å²) in [6.45, 7) is 0. The van der Waals surface area contributed by atoms with Gasteiger partial charge in [-0.1, -0.05) is 6.07 Å². The Kier molecular flexibility index (Phi) is 3.48. The van der Waals surface area contributed by atoms with Gasteiger partial charge in [0, 0.05) is 12.4 Å². The number of hydrogen-bond acceptors (Lipinski definition) is 6. The van der Waals surface area contributed by atoms with Gasteiger partial charge in [-0.3, -0.25) is 15.2 Å². The van der Waals surface area contributed by atoms with Gasteiger partial charge >= 0.3 is 0 Å². The van der Waals surface area contributed by atoms with E-state index >= 15 is 0 Å². The molecule has 1 atom stereocenters. The van der Waals surface area contributed by atoms with Gasteiger partial charge in [0.2, 0.25) is 0 Å². The molecule has 2 rings (SSSR count). The third-order valence-corrected chi connectivity index (χ3v) is 2.41. The minimum Gasteiger partial charge on any atom is -0.733 e. The molecular formula is C12H9N4O2-. The number of pyridine rings is 2. The lowest BCUT2D eigenvalue weighted by Crippen LogP contribution is -2.14. The monoisotopic (exact) mass is 241 g/mol. The third kappa shape index (κ3) is 2.27. The van der Waals surface area contributed by atoms with E-state index in [4.69, 9.17) is 5.21 Å². The summed E-state index contributed by atoms with van der Waals surface area (Å²) >= 11 is 0. The van der Waals surface area contributed by atoms with Crippen molar-refractivity contribution in [3.63, 3.8) is 0 Å². The summed E-state index contributed by atoms with van der Waals surface area (Å²) in [6.07, 6.45) is 3.01. The highest BCUT2D eigenvalue weighted by Crippen LogP contribution is 2.28. The van der Waals surface area contributed by atoms with Crippen molar-refractivity contribution in [2.24, 2.45) is 0 Å². The molecule has 2 aromatic rings. The summed E-state index contributed by atoms with van der Waals surface area (Å²) in [5, 5.41) is 28.9. The molecule has 0 saturated heterocycles. The molecule has 18 heavy (non-hydrogen) atoms. The van der Waals surface area contributed by atoms with Gasteiger partial charge in [-0.15, -0.1) is 0 Å². The third-order valence-electron chi connectivity index (χ3n) is 2.41. The van der Waals surface area contributed by atoms with E-state index in [0.29, 0.717) is 5.69 Å². The van der Waals surface area contributed by atoms with E-state index in [2.05, 4.69) is 9.97 Å². The fourth-order valence-electron chi connectivity index (χ4n) is 1.61. The second-order valence-electron chi connectivity index (χ2n) is 3.50. The average Bonchev–Trinajstić information content (AvgIpc) is 2.41. The zero-order valence-electron chi connectivity index (χ0n) is 9.26. The van der Waals surface area contributed by atoms with Crippen molar-refractivity contribution in [3.05, 3.63) is 59.3 Å². The predicted octanol–water partition coefficient (Wildman–Crippen LogP) is 1.83. The van der Waals surface area contributed by atoms with E-state index in [9.17, 15) is 10.5 Å². The summed E-state index contributed by atoms with van der Waals surface area (Å²) in [7, 11) is 0. The molecule has 0 aliphatic rings. The van der Waals surface area contributed by atoms with Crippen LogP contribution in [0.2, 0.25) is 0 Å². The van der Waals surface area contributed by atoms with Crippen LogP contribution < -0.4 is 5.23 Å². The number of nitriles is 1. The Morgan fingerprint density at radius 3 is 2.61 bits per heavy atom. The van der Waals surface area contributed by atoms with Crippen LogP contribution in [-0.4, -0.2) is 15.2 Å². The van der Waals surface area contributed by atoms with Gasteiger partial charge < -0.3 is 10.4 Å². The molecule has 0 aromatic carbocycles. The maximum Gasteiger partial charge on any atom is 0.132 e. The molecule has 0 aliphatic heterocycles. The second kappa shape index (κ2) is 5.23. The molecule has 0 spiro atoms. The van der Waals surface area contributed by atoms with Gasteiger partial charge in [-0.25, -0.2) is 0 Å². The number of nitrogens with zero attached hydrogens (tertiary/aromatic N) is 4. The van der Waals surface area contributed by atoms with Crippen molar-refractivity contribution in [1.29, 1.82) is 5.26 Å². The van der Waals surface area contributed by atoms with Crippen LogP contribution in [0.4, 0.5) is 5.69 Å². The van der Waals surface area contributed by atoms with Crippen LogP contribution >= 0.6 is 0 Å². The zero-order valence-corrected chi connectivity index (χ0v) is 9.26. The average molecular weight is 241 g/mol. The van der Waals surface area contributed by atoms with E-state index in [-0.39, 0.29) is 16.6 Å². The van der Waals surface area contributed by atoms with Crippen molar-refractivity contribution >= 4 is 5.69 Å². The number of anilines is 1. The first kappa shape index (κ1) is 12.0. The molecule has 0 saturated carbocycles. The minimum atomic E-state index is -0.800. The predicted molar refractivity (Wildman–Crippen MR) is 63.6 cm³/mol. The van der Waals surface area contributed by atoms with Crippen molar-refractivity contribution in [2.45, 2.75) is 5.92 Å². The highest BCUT2D eigenvalue weighted by Gasteiger charge is 2.19. The first-order valence-corrected chi connectivity index (χ1v) is 5.15. The summed E-state index contributed by atoms with van der Waals surface area (Å²) in [6, 6.07) is 10.1. The maximum absolute atomic E-state index is 11.0. The smallest absolute Gasteiger partial charge is 0.132 e. The molecule has 1 N–H and O–H groups in total. The van der Waals surface area contributed by atoms with E-state index in [1.54, 1.807) is 24.4 Å². The minimum absolute atomic E-state index is 0.0605. The first-order valence-electron chi connectivity index (χ1n) is 5.15. The Labute approximate surface area is 103 Å². The number of hydrogen-bond donors (Lipinski definition) is 1. The van der Waals surface area contributed by atoms with Crippen LogP contribution in [0, 0.1) is 16.5 Å². The Morgan fingerprint density at radius 1 is 1.22 bits per heavy atom. The van der Waals surface area contributed by atoms with Crippen LogP contribution in [0.3, 0.4) is 0 Å². The maximum atomic E-state index is 11.0. The molecule has 0 bridgehead atoms. The molecular weight excluding hydrogens is 232 g/mol. The lowest BCUT2D eigenvalue weighted by molar-refractivity contribution is 0.295. The van der Waals surface area contributed by atoms with Gasteiger partial charge in [-0.2, -0.15) is 5.26 Å². The van der Waals surface area contributed by atoms with Gasteiger partial charge in [0.25, 0.3) is 0 Å². The Morgan fingerprint density at radius 2 is 2.00 bits per heavy atom. The van der Waals surface area contributed by atoms with E-state index < -0.39 is 5.92 Å². The molecule has 2 heterocycles. The summed E-state index contributed by atoms with van der Waals surface area (Å²) in [5.74, 6) is -0.800. The highest BCUT2D eigenvalue weighted by atomic mass is 16.8. The normalized spacial score (nSPS) is 11.6. The fourth-order valence-corrected chi connectivity index (χ4v) is 1.61. The molecule has 2 aromatic heterocycles. The molecule has 0 radical (unpaired) electrons. The molecule has 6 heteroatoms. The van der Waals surface area contributed by atoms with Crippen LogP contribution in [0.15, 0.2) is 42.7 Å². The number of aromatic nitrogens is 2. The summed E-state index contributed by atoms with van der Waals surface area (Å²) < 4.78 is 0. The van der Waals surface area contributed by atoms with Gasteiger partial charge in [-0.05, 0) is 24.3 Å². The molecule has 0 amide bonds. The largest absolute Gasteiger partial charge is 0.733 e. The molecule has 6 nitrogen and oxygen atoms in total. The van der Waals surface area contributed by atoms with Crippen LogP contribution in [0.5, 0.6) is 0 Å². The van der Waals surface area contributed by atoms with Crippen molar-refractivity contribution in [1.82, 2.24) is 9.97 Å². The van der Waals surface area contributed by atoms with Crippen molar-refractivity contribution in [3.8, 4) is 6.07 Å². The molecule has 1 unspecified atom stereocenters. The topological polar surface area (TPSA) is 96.1 Å². The first-order chi connectivity index (χ1) is 8.74. The van der Waals surface area contributed by atoms with Gasteiger partial charge in [0.15, 0.2) is 0 Å². The Balaban J connectivity index is 2.50. The quantitative estimate of drug-likeness (QED) is 0.823. The molecule has 0 fully saturated rings. The van der Waals surface area contributed by atoms with Crippen molar-refractivity contribution < 1.29 is 5.21 Å². The Hall–Kier alpha value is -2.49. The van der Waals surface area contributed by atoms with E-state index in [1.807, 2.05) is 6.07 Å². The zero-order chi connectivity index (χ0) is 13.0. The SMILES string of the molecule is N#CC(c1ccccn1)c1ncccc1N([O-])O. The molecule has 90 valence electrons. The van der Waals surface area contributed by atoms with E-state index in [0.717, 1.165) is 0 Å². The van der Waals surface area contributed by atoms with Crippen LogP contribution in [-0.2, 0) is 0 Å². The standard InChI is InChI=1S/C12H9N4O2/c13-8-9(10-4-1-2-6-14-10)12-11(16(17)18)5-3-7-15-12/h1-7,9,17H/q-1. The van der Waals surface area contributed by atoms with Crippen LogP contribution in [0.25, 0.3) is 0 Å². The second-order valence-corrected chi connectivity index (χ2v) is 3.50. The lowest BCUT2D eigenvalue weighted by atomic mass is 10.0. The molecule has 0 aliphatic carbocycles. The van der Waals surface area contributed by atoms with Crippen molar-refractivity contribution in [2.75, 3.05) is 5.23 Å². The summed E-state index contributed by atoms with van der Waals surface area (Å²) in [5.41, 5.74) is 0.590. The lowest BCUT2D eigenvalue weighted by Gasteiger charge is -2.24. The van der Waals surface area contributed by atoms with E-state index in [1.165, 1.54) is 18.3 Å². The van der Waals surface area contributed by atoms with Crippen LogP contribution in [0.1, 0.15) is 17.3 Å². The van der Waals surface area contributed by atoms with Gasteiger partial charge in [0.1, 0.15) is 5.92 Å².